The lowest BCUT2D eigenvalue weighted by Gasteiger charge is -2.34. The average molecular weight is 492 g/mol. The van der Waals surface area contributed by atoms with Crippen LogP contribution < -0.4 is 0 Å². The Balaban J connectivity index is 1.61. The maximum absolute atomic E-state index is 13.1. The number of carbonyl (C=O) groups is 2. The van der Waals surface area contributed by atoms with Crippen LogP contribution in [0.15, 0.2) is 54.9 Å². The number of likely N-dealkylation sites (tertiary alicyclic amines) is 1. The van der Waals surface area contributed by atoms with E-state index >= 15 is 0 Å². The molecule has 1 fully saturated rings. The van der Waals surface area contributed by atoms with Gasteiger partial charge in [-0.15, -0.1) is 0 Å². The Labute approximate surface area is 218 Å². The van der Waals surface area contributed by atoms with Crippen molar-refractivity contribution in [1.29, 1.82) is 0 Å². The topological polar surface area (TPSA) is 53.5 Å². The van der Waals surface area contributed by atoms with Gasteiger partial charge in [0.15, 0.2) is 0 Å². The molecule has 5 nitrogen and oxygen atoms in total. The summed E-state index contributed by atoms with van der Waals surface area (Å²) in [4.78, 5) is 34.6. The summed E-state index contributed by atoms with van der Waals surface area (Å²) < 4.78 is 0. The number of hydrogen-bond acceptors (Lipinski definition) is 4. The fourth-order valence-corrected chi connectivity index (χ4v) is 5.21. The second-order valence-corrected chi connectivity index (χ2v) is 11.1. The molecule has 0 aliphatic carbocycles. The number of ketones is 1. The van der Waals surface area contributed by atoms with Crippen molar-refractivity contribution in [3.63, 3.8) is 0 Å². The van der Waals surface area contributed by atoms with Gasteiger partial charge in [0.1, 0.15) is 0 Å². The highest BCUT2D eigenvalue weighted by Gasteiger charge is 2.39. The van der Waals surface area contributed by atoms with E-state index in [-0.39, 0.29) is 17.7 Å². The van der Waals surface area contributed by atoms with Crippen LogP contribution in [0, 0.1) is 5.41 Å². The van der Waals surface area contributed by atoms with E-state index in [0.717, 1.165) is 57.9 Å². The maximum atomic E-state index is 13.1. The highest BCUT2D eigenvalue weighted by Crippen LogP contribution is 2.27. The van der Waals surface area contributed by atoms with Crippen molar-refractivity contribution in [3.8, 4) is 0 Å². The molecule has 0 bridgehead atoms. The van der Waals surface area contributed by atoms with Crippen LogP contribution in [0.5, 0.6) is 0 Å². The van der Waals surface area contributed by atoms with Gasteiger partial charge in [-0.2, -0.15) is 0 Å². The van der Waals surface area contributed by atoms with Gasteiger partial charge in [-0.25, -0.2) is 0 Å². The van der Waals surface area contributed by atoms with Crippen LogP contribution in [0.4, 0.5) is 0 Å². The zero-order chi connectivity index (χ0) is 26.0. The highest BCUT2D eigenvalue weighted by atomic mass is 16.2. The molecule has 0 radical (unpaired) electrons. The van der Waals surface area contributed by atoms with Crippen molar-refractivity contribution in [1.82, 2.24) is 14.8 Å². The Hall–Kier alpha value is -2.53. The highest BCUT2D eigenvalue weighted by molar-refractivity contribution is 6.38. The molecular weight excluding hydrogens is 446 g/mol. The Morgan fingerprint density at radius 2 is 1.72 bits per heavy atom. The van der Waals surface area contributed by atoms with Crippen molar-refractivity contribution in [2.45, 2.75) is 90.6 Å². The summed E-state index contributed by atoms with van der Waals surface area (Å²) in [5, 5.41) is 0. The normalized spacial score (nSPS) is 16.9. The lowest BCUT2D eigenvalue weighted by molar-refractivity contribution is -0.150. The largest absolute Gasteiger partial charge is 0.332 e. The molecule has 1 aromatic heterocycles. The first-order valence-corrected chi connectivity index (χ1v) is 13.8. The lowest BCUT2D eigenvalue weighted by atomic mass is 9.84. The number of hydrogen-bond donors (Lipinski definition) is 0. The molecule has 0 unspecified atom stereocenters. The second-order valence-electron chi connectivity index (χ2n) is 11.1. The predicted molar refractivity (Wildman–Crippen MR) is 147 cm³/mol. The zero-order valence-electron chi connectivity index (χ0n) is 22.8. The van der Waals surface area contributed by atoms with Gasteiger partial charge in [-0.3, -0.25) is 14.6 Å². The Morgan fingerprint density at radius 3 is 2.36 bits per heavy atom. The summed E-state index contributed by atoms with van der Waals surface area (Å²) >= 11 is 0. The summed E-state index contributed by atoms with van der Waals surface area (Å²) in [7, 11) is 2.20. The first-order chi connectivity index (χ1) is 17.3. The number of aryl methyl sites for hydroxylation is 2. The van der Waals surface area contributed by atoms with Gasteiger partial charge in [-0.05, 0) is 82.0 Å². The molecular formula is C31H45N3O2. The van der Waals surface area contributed by atoms with Crippen molar-refractivity contribution < 1.29 is 9.59 Å². The molecule has 2 heterocycles. The minimum Gasteiger partial charge on any atom is -0.332 e. The summed E-state index contributed by atoms with van der Waals surface area (Å²) in [5.74, 6) is -0.523. The lowest BCUT2D eigenvalue weighted by Crippen LogP contribution is -2.49. The quantitative estimate of drug-likeness (QED) is 0.317. The maximum Gasteiger partial charge on any atom is 0.290 e. The molecule has 1 aliphatic rings. The predicted octanol–water partition coefficient (Wildman–Crippen LogP) is 5.72. The summed E-state index contributed by atoms with van der Waals surface area (Å²) in [6.07, 6.45) is 13.0. The van der Waals surface area contributed by atoms with Crippen LogP contribution in [-0.2, 0) is 22.4 Å². The Bertz CT molecular complexity index is 899. The van der Waals surface area contributed by atoms with Crippen LogP contribution in [0.1, 0.15) is 76.8 Å². The van der Waals surface area contributed by atoms with E-state index in [9.17, 15) is 9.59 Å². The van der Waals surface area contributed by atoms with Crippen LogP contribution in [0.3, 0.4) is 0 Å². The molecule has 0 spiro atoms. The van der Waals surface area contributed by atoms with Gasteiger partial charge in [0.05, 0.1) is 0 Å². The second kappa shape index (κ2) is 13.7. The molecule has 0 saturated carbocycles. The Morgan fingerprint density at radius 1 is 1.06 bits per heavy atom. The fraction of sp³-hybridized carbons (Fsp3) is 0.581. The number of amides is 1. The number of nitrogens with zero attached hydrogens (tertiary/aromatic N) is 3. The van der Waals surface area contributed by atoms with Crippen LogP contribution >= 0.6 is 0 Å². The first-order valence-electron chi connectivity index (χ1n) is 13.8. The van der Waals surface area contributed by atoms with Gasteiger partial charge < -0.3 is 9.80 Å². The van der Waals surface area contributed by atoms with Crippen LogP contribution in [0.25, 0.3) is 0 Å². The van der Waals surface area contributed by atoms with Crippen molar-refractivity contribution in [3.05, 3.63) is 66.0 Å². The molecule has 36 heavy (non-hydrogen) atoms. The van der Waals surface area contributed by atoms with Gasteiger partial charge >= 0.3 is 0 Å². The molecule has 1 amide bonds. The SMILES string of the molecule is CCC(C)(C)C(=O)C(=O)N1CCC[C@H]1CN(C)[C@H](CCCc1ccccc1)CCCc1cccnc1. The number of carbonyl (C=O) groups excluding carboxylic acids is 2. The van der Waals surface area contributed by atoms with Gasteiger partial charge in [-0.1, -0.05) is 57.2 Å². The number of Topliss-reactive ketones (excluding diaryl/α,β-unsaturated/α-hetero) is 1. The molecule has 5 heteroatoms. The molecule has 1 aromatic carbocycles. The van der Waals surface area contributed by atoms with Gasteiger partial charge in [0.2, 0.25) is 5.78 Å². The van der Waals surface area contributed by atoms with Gasteiger partial charge in [0, 0.05) is 43.0 Å². The smallest absolute Gasteiger partial charge is 0.290 e. The molecule has 2 aromatic rings. The van der Waals surface area contributed by atoms with E-state index in [0.29, 0.717) is 19.0 Å². The summed E-state index contributed by atoms with van der Waals surface area (Å²) in [5.41, 5.74) is 2.08. The van der Waals surface area contributed by atoms with Crippen molar-refractivity contribution in [2.24, 2.45) is 5.41 Å². The standard InChI is InChI=1S/C31H45N3O2/c1-5-31(2,3)29(35)30(36)34-22-12-20-28(34)24-33(4)27(18-9-15-25-13-7-6-8-14-25)19-10-16-26-17-11-21-32-23-26/h6-8,11,13-14,17,21,23,27-28H,5,9-10,12,15-16,18-20,22,24H2,1-4H3/t27-,28+/m1/s1. The van der Waals surface area contributed by atoms with E-state index in [1.54, 1.807) is 0 Å². The zero-order valence-corrected chi connectivity index (χ0v) is 22.8. The molecule has 1 aliphatic heterocycles. The fourth-order valence-electron chi connectivity index (χ4n) is 5.21. The van der Waals surface area contributed by atoms with Crippen LogP contribution in [-0.4, -0.2) is 58.7 Å². The summed E-state index contributed by atoms with van der Waals surface area (Å²) in [6, 6.07) is 15.4. The third kappa shape index (κ3) is 7.99. The average Bonchev–Trinajstić information content (AvgIpc) is 3.36. The third-order valence-electron chi connectivity index (χ3n) is 8.02. The first kappa shape index (κ1) is 28.0. The van der Waals surface area contributed by atoms with Gasteiger partial charge in [0.25, 0.3) is 5.91 Å². The number of aromatic nitrogens is 1. The van der Waals surface area contributed by atoms with E-state index in [1.165, 1.54) is 11.1 Å². The summed E-state index contributed by atoms with van der Waals surface area (Å²) in [6.45, 7) is 7.27. The van der Waals surface area contributed by atoms with Crippen molar-refractivity contribution in [2.75, 3.05) is 20.1 Å². The van der Waals surface area contributed by atoms with E-state index in [1.807, 2.05) is 44.1 Å². The van der Waals surface area contributed by atoms with E-state index < -0.39 is 5.41 Å². The number of likely N-dealkylation sites (N-methyl/N-ethyl adjacent to an activating group) is 1. The molecule has 196 valence electrons. The molecule has 1 saturated heterocycles. The third-order valence-corrected chi connectivity index (χ3v) is 8.02. The monoisotopic (exact) mass is 491 g/mol. The van der Waals surface area contributed by atoms with Crippen LogP contribution in [0.2, 0.25) is 0 Å². The number of rotatable bonds is 14. The minimum atomic E-state index is -0.595. The number of benzene rings is 1. The molecule has 3 rings (SSSR count). The minimum absolute atomic E-state index is 0.119. The van der Waals surface area contributed by atoms with E-state index in [4.69, 9.17) is 0 Å². The molecule has 0 N–H and O–H groups in total. The number of pyridine rings is 1. The molecule has 2 atom stereocenters. The van der Waals surface area contributed by atoms with E-state index in [2.05, 4.69) is 53.3 Å². The Kier molecular flexibility index (Phi) is 10.7. The van der Waals surface area contributed by atoms with Crippen molar-refractivity contribution >= 4 is 11.7 Å².